The van der Waals surface area contributed by atoms with Gasteiger partial charge in [-0.05, 0) is 37.3 Å². The second-order valence-corrected chi connectivity index (χ2v) is 6.91. The number of benzene rings is 1. The van der Waals surface area contributed by atoms with E-state index in [1.165, 1.54) is 6.20 Å². The third-order valence-electron chi connectivity index (χ3n) is 3.20. The molecule has 1 aromatic heterocycles. The molecule has 0 saturated heterocycles. The summed E-state index contributed by atoms with van der Waals surface area (Å²) in [5, 5.41) is 0. The van der Waals surface area contributed by atoms with Crippen LogP contribution < -0.4 is 0 Å². The first-order chi connectivity index (χ1) is 11.8. The Bertz CT molecular complexity index is 844. The SMILES string of the molecule is CCOC(=O)CN(Cc1ccccn1)S(=O)(=O)c1ccc(F)c(F)c1. The third-order valence-corrected chi connectivity index (χ3v) is 4.99. The van der Waals surface area contributed by atoms with Gasteiger partial charge in [0, 0.05) is 6.20 Å². The molecule has 0 atom stereocenters. The van der Waals surface area contributed by atoms with Gasteiger partial charge in [-0.15, -0.1) is 0 Å². The Balaban J connectivity index is 2.37. The van der Waals surface area contributed by atoms with E-state index in [4.69, 9.17) is 4.74 Å². The lowest BCUT2D eigenvalue weighted by molar-refractivity contribution is -0.143. The van der Waals surface area contributed by atoms with Crippen molar-refractivity contribution < 1.29 is 26.7 Å². The first-order valence-corrected chi connectivity index (χ1v) is 8.79. The van der Waals surface area contributed by atoms with Crippen LogP contribution in [0.4, 0.5) is 8.78 Å². The fourth-order valence-electron chi connectivity index (χ4n) is 2.04. The molecule has 1 heterocycles. The monoisotopic (exact) mass is 370 g/mol. The van der Waals surface area contributed by atoms with Crippen molar-refractivity contribution in [2.45, 2.75) is 18.4 Å². The summed E-state index contributed by atoms with van der Waals surface area (Å²) < 4.78 is 57.6. The molecule has 0 bridgehead atoms. The number of halogens is 2. The van der Waals surface area contributed by atoms with Crippen LogP contribution in [0.2, 0.25) is 0 Å². The standard InChI is InChI=1S/C16H16F2N2O4S/c1-2-24-16(21)11-20(10-12-5-3-4-8-19-12)25(22,23)13-6-7-14(17)15(18)9-13/h3-9H,2,10-11H2,1H3. The van der Waals surface area contributed by atoms with E-state index in [0.717, 1.165) is 10.4 Å². The van der Waals surface area contributed by atoms with Gasteiger partial charge in [-0.3, -0.25) is 9.78 Å². The van der Waals surface area contributed by atoms with Gasteiger partial charge >= 0.3 is 5.97 Å². The zero-order chi connectivity index (χ0) is 18.4. The molecule has 0 radical (unpaired) electrons. The summed E-state index contributed by atoms with van der Waals surface area (Å²) in [4.78, 5) is 15.3. The van der Waals surface area contributed by atoms with Gasteiger partial charge in [0.05, 0.1) is 23.7 Å². The molecular weight excluding hydrogens is 354 g/mol. The van der Waals surface area contributed by atoms with Gasteiger partial charge in [0.1, 0.15) is 6.54 Å². The molecule has 9 heteroatoms. The van der Waals surface area contributed by atoms with Crippen molar-refractivity contribution in [2.24, 2.45) is 0 Å². The molecule has 0 aliphatic rings. The zero-order valence-electron chi connectivity index (χ0n) is 13.4. The van der Waals surface area contributed by atoms with E-state index >= 15 is 0 Å². The molecule has 134 valence electrons. The molecule has 2 rings (SSSR count). The van der Waals surface area contributed by atoms with E-state index in [2.05, 4.69) is 4.98 Å². The normalized spacial score (nSPS) is 11.5. The highest BCUT2D eigenvalue weighted by molar-refractivity contribution is 7.89. The topological polar surface area (TPSA) is 76.6 Å². The molecule has 6 nitrogen and oxygen atoms in total. The van der Waals surface area contributed by atoms with E-state index in [9.17, 15) is 22.0 Å². The van der Waals surface area contributed by atoms with Crippen LogP contribution in [-0.4, -0.2) is 36.8 Å². The number of pyridine rings is 1. The molecule has 0 spiro atoms. The highest BCUT2D eigenvalue weighted by Crippen LogP contribution is 2.20. The van der Waals surface area contributed by atoms with Gasteiger partial charge in [-0.25, -0.2) is 17.2 Å². The Morgan fingerprint density at radius 1 is 1.20 bits per heavy atom. The highest BCUT2D eigenvalue weighted by Gasteiger charge is 2.28. The van der Waals surface area contributed by atoms with Crippen molar-refractivity contribution in [1.29, 1.82) is 0 Å². The summed E-state index contributed by atoms with van der Waals surface area (Å²) in [6.07, 6.45) is 1.47. The van der Waals surface area contributed by atoms with E-state index in [0.29, 0.717) is 17.8 Å². The minimum Gasteiger partial charge on any atom is -0.465 e. The number of esters is 1. The summed E-state index contributed by atoms with van der Waals surface area (Å²) in [5.74, 6) is -3.22. The van der Waals surface area contributed by atoms with Crippen LogP contribution >= 0.6 is 0 Å². The maximum absolute atomic E-state index is 13.4. The van der Waals surface area contributed by atoms with E-state index < -0.39 is 39.1 Å². The van der Waals surface area contributed by atoms with Crippen LogP contribution in [0.25, 0.3) is 0 Å². The number of aromatic nitrogens is 1. The first-order valence-electron chi connectivity index (χ1n) is 7.35. The van der Waals surface area contributed by atoms with Crippen LogP contribution in [0.15, 0.2) is 47.5 Å². The minimum absolute atomic E-state index is 0.0848. The molecule has 0 aliphatic carbocycles. The molecule has 1 aromatic carbocycles. The Morgan fingerprint density at radius 3 is 2.56 bits per heavy atom. The van der Waals surface area contributed by atoms with Gasteiger partial charge in [0.2, 0.25) is 10.0 Å². The maximum Gasteiger partial charge on any atom is 0.321 e. The number of carbonyl (C=O) groups excluding carboxylic acids is 1. The van der Waals surface area contributed by atoms with Gasteiger partial charge in [-0.2, -0.15) is 4.31 Å². The van der Waals surface area contributed by atoms with Crippen molar-refractivity contribution in [2.75, 3.05) is 13.2 Å². The van der Waals surface area contributed by atoms with Crippen LogP contribution in [0.5, 0.6) is 0 Å². The van der Waals surface area contributed by atoms with Crippen LogP contribution in [0, 0.1) is 11.6 Å². The predicted molar refractivity (Wildman–Crippen MR) is 84.8 cm³/mol. The number of carbonyl (C=O) groups is 1. The molecule has 0 saturated carbocycles. The summed E-state index contributed by atoms with van der Waals surface area (Å²) in [6.45, 7) is 0.874. The molecule has 0 N–H and O–H groups in total. The molecular formula is C16H16F2N2O4S. The zero-order valence-corrected chi connectivity index (χ0v) is 14.2. The average molecular weight is 370 g/mol. The Hall–Kier alpha value is -2.39. The second kappa shape index (κ2) is 8.13. The fraction of sp³-hybridized carbons (Fsp3) is 0.250. The van der Waals surface area contributed by atoms with Crippen molar-refractivity contribution in [3.63, 3.8) is 0 Å². The average Bonchev–Trinajstić information content (AvgIpc) is 2.58. The Morgan fingerprint density at radius 2 is 1.96 bits per heavy atom. The Labute approximate surface area is 144 Å². The summed E-state index contributed by atoms with van der Waals surface area (Å²) in [7, 11) is -4.27. The van der Waals surface area contributed by atoms with Crippen LogP contribution in [0.1, 0.15) is 12.6 Å². The quantitative estimate of drug-likeness (QED) is 0.698. The number of nitrogens with zero attached hydrogens (tertiary/aromatic N) is 2. The summed E-state index contributed by atoms with van der Waals surface area (Å²) >= 11 is 0. The minimum atomic E-state index is -4.27. The van der Waals surface area contributed by atoms with Crippen molar-refractivity contribution in [3.8, 4) is 0 Å². The lowest BCUT2D eigenvalue weighted by Crippen LogP contribution is -2.36. The van der Waals surface area contributed by atoms with Gasteiger partial charge in [0.15, 0.2) is 11.6 Å². The summed E-state index contributed by atoms with van der Waals surface area (Å²) in [6, 6.07) is 7.12. The second-order valence-electron chi connectivity index (χ2n) is 4.98. The number of hydrogen-bond donors (Lipinski definition) is 0. The predicted octanol–water partition coefficient (Wildman–Crippen LogP) is 2.11. The van der Waals surface area contributed by atoms with Gasteiger partial charge in [0.25, 0.3) is 0 Å². The lowest BCUT2D eigenvalue weighted by atomic mass is 10.3. The molecule has 0 fully saturated rings. The van der Waals surface area contributed by atoms with E-state index in [1.807, 2.05) is 0 Å². The molecule has 2 aromatic rings. The fourth-order valence-corrected chi connectivity index (χ4v) is 3.40. The highest BCUT2D eigenvalue weighted by atomic mass is 32.2. The van der Waals surface area contributed by atoms with Gasteiger partial charge < -0.3 is 4.74 Å². The van der Waals surface area contributed by atoms with Crippen molar-refractivity contribution in [3.05, 3.63) is 59.9 Å². The van der Waals surface area contributed by atoms with Crippen molar-refractivity contribution in [1.82, 2.24) is 9.29 Å². The molecule has 0 amide bonds. The van der Waals surface area contributed by atoms with Crippen LogP contribution in [0.3, 0.4) is 0 Å². The van der Waals surface area contributed by atoms with Crippen LogP contribution in [-0.2, 0) is 26.1 Å². The third kappa shape index (κ3) is 4.80. The largest absolute Gasteiger partial charge is 0.465 e. The maximum atomic E-state index is 13.4. The molecule has 0 unspecified atom stereocenters. The number of rotatable bonds is 7. The van der Waals surface area contributed by atoms with E-state index in [1.54, 1.807) is 25.1 Å². The van der Waals surface area contributed by atoms with Gasteiger partial charge in [-0.1, -0.05) is 6.07 Å². The van der Waals surface area contributed by atoms with Crippen molar-refractivity contribution >= 4 is 16.0 Å². The Kier molecular flexibility index (Phi) is 6.16. The van der Waals surface area contributed by atoms with E-state index in [-0.39, 0.29) is 13.2 Å². The first kappa shape index (κ1) is 18.9. The molecule has 25 heavy (non-hydrogen) atoms. The summed E-state index contributed by atoms with van der Waals surface area (Å²) in [5.41, 5.74) is 0.387. The smallest absolute Gasteiger partial charge is 0.321 e. The number of sulfonamides is 1. The number of ether oxygens (including phenoxy) is 1. The number of hydrogen-bond acceptors (Lipinski definition) is 5. The lowest BCUT2D eigenvalue weighted by Gasteiger charge is -2.21. The molecule has 0 aliphatic heterocycles.